The molecule has 4 N–H and O–H groups in total. The molecule has 0 saturated carbocycles. The molecule has 0 bridgehead atoms. The first-order valence-electron chi connectivity index (χ1n) is 4.60. The monoisotopic (exact) mass is 224 g/mol. The Labute approximate surface area is 92.6 Å². The minimum Gasteiger partial charge on any atom is -0.386 e. The molecule has 0 spiro atoms. The summed E-state index contributed by atoms with van der Waals surface area (Å²) in [5, 5.41) is 9.40. The van der Waals surface area contributed by atoms with Gasteiger partial charge in [0.05, 0.1) is 12.2 Å². The molecule has 1 rings (SSSR count). The number of nitrogens with zero attached hydrogens (tertiary/aromatic N) is 1. The lowest BCUT2D eigenvalue weighted by atomic mass is 10.3. The Morgan fingerprint density at radius 3 is 2.75 bits per heavy atom. The van der Waals surface area contributed by atoms with Crippen LogP contribution in [0.1, 0.15) is 0 Å². The second-order valence-electron chi connectivity index (χ2n) is 3.29. The highest BCUT2D eigenvalue weighted by molar-refractivity contribution is 5.92. The van der Waals surface area contributed by atoms with Gasteiger partial charge in [0.15, 0.2) is 0 Å². The Bertz CT molecular complexity index is 408. The van der Waals surface area contributed by atoms with Gasteiger partial charge in [0, 0.05) is 7.05 Å². The third kappa shape index (κ3) is 3.23. The summed E-state index contributed by atoms with van der Waals surface area (Å²) in [6.45, 7) is 0.000284. The van der Waals surface area contributed by atoms with Gasteiger partial charge in [-0.15, -0.1) is 0 Å². The highest BCUT2D eigenvalue weighted by Gasteiger charge is 2.11. The second-order valence-corrected chi connectivity index (χ2v) is 3.29. The topological polar surface area (TPSA) is 82.2 Å². The number of hydrogen-bond donors (Lipinski definition) is 3. The van der Waals surface area contributed by atoms with Crippen LogP contribution in [0.5, 0.6) is 0 Å². The average molecular weight is 224 g/mol. The third-order valence-electron chi connectivity index (χ3n) is 1.87. The van der Waals surface area contributed by atoms with E-state index in [4.69, 9.17) is 11.1 Å². The summed E-state index contributed by atoms with van der Waals surface area (Å²) in [7, 11) is 1.47. The number of carbonyl (C=O) groups is 1. The van der Waals surface area contributed by atoms with Crippen molar-refractivity contribution in [3.63, 3.8) is 0 Å². The smallest absolute Gasteiger partial charge is 0.322 e. The maximum atomic E-state index is 13.2. The zero-order chi connectivity index (χ0) is 12.1. The van der Waals surface area contributed by atoms with Gasteiger partial charge in [0.1, 0.15) is 11.7 Å². The van der Waals surface area contributed by atoms with Gasteiger partial charge in [-0.2, -0.15) is 0 Å². The molecule has 5 nitrogen and oxygen atoms in total. The molecule has 0 heterocycles. The zero-order valence-electron chi connectivity index (χ0n) is 8.83. The number of nitrogens with two attached hydrogens (primary N) is 1. The maximum Gasteiger partial charge on any atom is 0.322 e. The van der Waals surface area contributed by atoms with Gasteiger partial charge in [-0.05, 0) is 12.1 Å². The molecule has 1 aromatic rings. The minimum atomic E-state index is -0.514. The average Bonchev–Trinajstić information content (AvgIpc) is 2.20. The Balaban J connectivity index is 2.64. The molecule has 86 valence electrons. The van der Waals surface area contributed by atoms with Gasteiger partial charge in [0.25, 0.3) is 0 Å². The molecule has 0 aliphatic rings. The van der Waals surface area contributed by atoms with Gasteiger partial charge in [0.2, 0.25) is 0 Å². The lowest BCUT2D eigenvalue weighted by Crippen LogP contribution is -2.37. The van der Waals surface area contributed by atoms with E-state index in [0.29, 0.717) is 0 Å². The van der Waals surface area contributed by atoms with E-state index in [1.165, 1.54) is 30.1 Å². The van der Waals surface area contributed by atoms with Crippen molar-refractivity contribution in [3.8, 4) is 0 Å². The second kappa shape index (κ2) is 5.11. The normalized spacial score (nSPS) is 9.62. The Morgan fingerprint density at radius 2 is 2.19 bits per heavy atom. The summed E-state index contributed by atoms with van der Waals surface area (Å²) in [4.78, 5) is 12.7. The summed E-state index contributed by atoms with van der Waals surface area (Å²) in [5.41, 5.74) is 5.24. The van der Waals surface area contributed by atoms with Crippen LogP contribution < -0.4 is 11.1 Å². The number of hydrogen-bond acceptors (Lipinski definition) is 2. The minimum absolute atomic E-state index is 0.000284. The van der Waals surface area contributed by atoms with Crippen molar-refractivity contribution in [3.05, 3.63) is 30.1 Å². The van der Waals surface area contributed by atoms with Crippen molar-refractivity contribution in [1.29, 1.82) is 5.41 Å². The molecule has 6 heteroatoms. The van der Waals surface area contributed by atoms with Crippen LogP contribution in [0.4, 0.5) is 14.9 Å². The molecule has 0 saturated heterocycles. The third-order valence-corrected chi connectivity index (χ3v) is 1.87. The largest absolute Gasteiger partial charge is 0.386 e. The number of amides is 2. The van der Waals surface area contributed by atoms with Crippen LogP contribution in [0.25, 0.3) is 0 Å². The van der Waals surface area contributed by atoms with E-state index < -0.39 is 11.8 Å². The molecular formula is C10H13FN4O. The maximum absolute atomic E-state index is 13.2. The fourth-order valence-electron chi connectivity index (χ4n) is 1.10. The number of amidine groups is 1. The Kier molecular flexibility index (Phi) is 3.82. The summed E-state index contributed by atoms with van der Waals surface area (Å²) < 4.78 is 13.2. The number of nitrogens with one attached hydrogen (secondary N) is 2. The van der Waals surface area contributed by atoms with Crippen LogP contribution in [0.2, 0.25) is 0 Å². The van der Waals surface area contributed by atoms with Crippen molar-refractivity contribution in [2.24, 2.45) is 5.73 Å². The number of likely N-dealkylation sites (N-methyl/N-ethyl adjacent to an activating group) is 1. The van der Waals surface area contributed by atoms with Gasteiger partial charge < -0.3 is 16.0 Å². The lowest BCUT2D eigenvalue weighted by molar-refractivity contribution is 0.227. The summed E-state index contributed by atoms with van der Waals surface area (Å²) in [5.74, 6) is -0.641. The molecule has 0 aliphatic heterocycles. The van der Waals surface area contributed by atoms with Crippen molar-refractivity contribution in [2.75, 3.05) is 18.9 Å². The van der Waals surface area contributed by atoms with Gasteiger partial charge >= 0.3 is 6.03 Å². The van der Waals surface area contributed by atoms with Crippen LogP contribution in [-0.2, 0) is 0 Å². The summed E-state index contributed by atoms with van der Waals surface area (Å²) >= 11 is 0. The molecule has 0 fully saturated rings. The van der Waals surface area contributed by atoms with E-state index in [0.717, 1.165) is 0 Å². The molecule has 0 aliphatic carbocycles. The molecule has 0 radical (unpaired) electrons. The van der Waals surface area contributed by atoms with Crippen molar-refractivity contribution in [2.45, 2.75) is 0 Å². The zero-order valence-corrected chi connectivity index (χ0v) is 8.83. The first-order chi connectivity index (χ1) is 7.50. The molecule has 0 unspecified atom stereocenters. The first-order valence-corrected chi connectivity index (χ1v) is 4.60. The summed E-state index contributed by atoms with van der Waals surface area (Å²) in [6.07, 6.45) is 0. The molecule has 0 aromatic heterocycles. The SMILES string of the molecule is CN(CC(=N)N)C(=O)Nc1ccccc1F. The van der Waals surface area contributed by atoms with E-state index in [-0.39, 0.29) is 18.1 Å². The highest BCUT2D eigenvalue weighted by Crippen LogP contribution is 2.12. The number of urea groups is 1. The number of para-hydroxylation sites is 1. The van der Waals surface area contributed by atoms with Crippen LogP contribution in [0, 0.1) is 11.2 Å². The molecule has 0 atom stereocenters. The molecule has 16 heavy (non-hydrogen) atoms. The van der Waals surface area contributed by atoms with E-state index >= 15 is 0 Å². The van der Waals surface area contributed by atoms with Crippen molar-refractivity contribution in [1.82, 2.24) is 4.90 Å². The quantitative estimate of drug-likeness (QED) is 0.533. The van der Waals surface area contributed by atoms with Gasteiger partial charge in [-0.1, -0.05) is 12.1 Å². The van der Waals surface area contributed by atoms with E-state index in [1.54, 1.807) is 6.07 Å². The fraction of sp³-hybridized carbons (Fsp3) is 0.200. The van der Waals surface area contributed by atoms with Crippen LogP contribution in [-0.4, -0.2) is 30.4 Å². The van der Waals surface area contributed by atoms with E-state index in [9.17, 15) is 9.18 Å². The lowest BCUT2D eigenvalue weighted by Gasteiger charge is -2.17. The predicted molar refractivity (Wildman–Crippen MR) is 60.0 cm³/mol. The van der Waals surface area contributed by atoms with E-state index in [1.807, 2.05) is 0 Å². The Morgan fingerprint density at radius 1 is 1.56 bits per heavy atom. The number of benzene rings is 1. The molecule has 1 aromatic carbocycles. The van der Waals surface area contributed by atoms with Crippen molar-refractivity contribution >= 4 is 17.6 Å². The first kappa shape index (κ1) is 12.0. The van der Waals surface area contributed by atoms with E-state index in [2.05, 4.69) is 5.32 Å². The Hall–Kier alpha value is -2.11. The number of carbonyl (C=O) groups excluding carboxylic acids is 1. The standard InChI is InChI=1S/C10H13FN4O/c1-15(6-9(12)13)10(16)14-8-5-3-2-4-7(8)11/h2-5H,6H2,1H3,(H3,12,13)(H,14,16). The number of anilines is 1. The van der Waals surface area contributed by atoms with Crippen molar-refractivity contribution < 1.29 is 9.18 Å². The van der Waals surface area contributed by atoms with Gasteiger partial charge in [-0.25, -0.2) is 9.18 Å². The predicted octanol–water partition coefficient (Wildman–Crippen LogP) is 1.23. The van der Waals surface area contributed by atoms with Crippen LogP contribution in [0.3, 0.4) is 0 Å². The fourth-order valence-corrected chi connectivity index (χ4v) is 1.10. The van der Waals surface area contributed by atoms with Gasteiger partial charge in [-0.3, -0.25) is 5.41 Å². The molecule has 2 amide bonds. The van der Waals surface area contributed by atoms with Crippen LogP contribution >= 0.6 is 0 Å². The van der Waals surface area contributed by atoms with Crippen LogP contribution in [0.15, 0.2) is 24.3 Å². The number of rotatable bonds is 3. The summed E-state index contributed by atoms with van der Waals surface area (Å²) in [6, 6.07) is 5.34. The molecular weight excluding hydrogens is 211 g/mol. The number of halogens is 1. The highest BCUT2D eigenvalue weighted by atomic mass is 19.1.